The number of hydrogen-bond acceptors (Lipinski definition) is 4. The van der Waals surface area contributed by atoms with Gasteiger partial charge in [-0.15, -0.1) is 11.3 Å². The van der Waals surface area contributed by atoms with E-state index in [4.69, 9.17) is 0 Å². The predicted molar refractivity (Wildman–Crippen MR) is 107 cm³/mol. The number of hydrogen-bond donors (Lipinski definition) is 0. The van der Waals surface area contributed by atoms with Crippen LogP contribution in [-0.4, -0.2) is 59.5 Å². The van der Waals surface area contributed by atoms with Crippen molar-refractivity contribution in [2.45, 2.75) is 56.2 Å². The molecule has 2 saturated heterocycles. The first-order chi connectivity index (χ1) is 15.0. The lowest BCUT2D eigenvalue weighted by molar-refractivity contribution is -0.308. The Balaban J connectivity index is 1.39. The fraction of sp³-hybridized carbons (Fsp3) is 0.571. The van der Waals surface area contributed by atoms with Crippen LogP contribution < -0.4 is 0 Å². The van der Waals surface area contributed by atoms with Crippen LogP contribution in [0.3, 0.4) is 0 Å². The number of fused-ring (bicyclic) bond motifs is 1. The molecule has 0 bridgehead atoms. The lowest BCUT2D eigenvalue weighted by atomic mass is 9.85. The number of likely N-dealkylation sites (tertiary alicyclic amines) is 2. The van der Waals surface area contributed by atoms with Crippen molar-refractivity contribution in [1.82, 2.24) is 9.80 Å². The highest BCUT2D eigenvalue weighted by Gasteiger charge is 2.60. The Morgan fingerprint density at radius 3 is 2.31 bits per heavy atom. The van der Waals surface area contributed by atoms with Crippen LogP contribution in [0.5, 0.6) is 0 Å². The Hall–Kier alpha value is -2.01. The number of benzene rings is 1. The number of thiophene rings is 1. The van der Waals surface area contributed by atoms with Gasteiger partial charge >= 0.3 is 18.4 Å². The summed E-state index contributed by atoms with van der Waals surface area (Å²) in [5.41, 5.74) is -0.208. The third kappa shape index (κ3) is 4.68. The van der Waals surface area contributed by atoms with Crippen LogP contribution in [0.15, 0.2) is 30.3 Å². The maximum absolute atomic E-state index is 12.7. The van der Waals surface area contributed by atoms with Gasteiger partial charge in [0.1, 0.15) is 0 Å². The molecule has 0 radical (unpaired) electrons. The van der Waals surface area contributed by atoms with Crippen LogP contribution in [0.1, 0.15) is 30.6 Å². The molecule has 1 amide bonds. The molecular formula is C21H22F6N2O2S. The number of amides is 1. The zero-order chi connectivity index (χ0) is 23.1. The molecule has 1 spiro atoms. The normalized spacial score (nSPS) is 19.9. The highest BCUT2D eigenvalue weighted by Crippen LogP contribution is 2.41. The number of piperidine rings is 1. The van der Waals surface area contributed by atoms with Crippen LogP contribution in [0.2, 0.25) is 0 Å². The molecule has 0 saturated carbocycles. The molecule has 4 nitrogen and oxygen atoms in total. The first-order valence-corrected chi connectivity index (χ1v) is 11.1. The van der Waals surface area contributed by atoms with Crippen molar-refractivity contribution in [2.24, 2.45) is 0 Å². The highest BCUT2D eigenvalue weighted by atomic mass is 32.1. The predicted octanol–water partition coefficient (Wildman–Crippen LogP) is 5.96. The van der Waals surface area contributed by atoms with E-state index in [9.17, 15) is 31.1 Å². The highest BCUT2D eigenvalue weighted by molar-refractivity contribution is 7.19. The van der Waals surface area contributed by atoms with E-state index >= 15 is 0 Å². The largest absolute Gasteiger partial charge is 0.434 e. The van der Waals surface area contributed by atoms with Gasteiger partial charge in [0.2, 0.25) is 0 Å². The van der Waals surface area contributed by atoms with Gasteiger partial charge in [-0.3, -0.25) is 4.90 Å². The van der Waals surface area contributed by atoms with Gasteiger partial charge < -0.3 is 9.64 Å². The summed E-state index contributed by atoms with van der Waals surface area (Å²) in [5, 5.41) is 1.17. The summed E-state index contributed by atoms with van der Waals surface area (Å²) >= 11 is 1.71. The van der Waals surface area contributed by atoms with Crippen molar-refractivity contribution in [1.29, 1.82) is 0 Å². The van der Waals surface area contributed by atoms with Crippen LogP contribution in [0, 0.1) is 0 Å². The van der Waals surface area contributed by atoms with Crippen LogP contribution >= 0.6 is 11.3 Å². The van der Waals surface area contributed by atoms with E-state index in [1.54, 1.807) is 11.3 Å². The topological polar surface area (TPSA) is 32.8 Å². The molecule has 0 N–H and O–H groups in total. The third-order valence-electron chi connectivity index (χ3n) is 6.33. The molecular weight excluding hydrogens is 458 g/mol. The minimum Gasteiger partial charge on any atom is -0.426 e. The zero-order valence-corrected chi connectivity index (χ0v) is 17.8. The molecule has 11 heteroatoms. The first kappa shape index (κ1) is 23.2. The SMILES string of the molecule is O=C(OC(C(F)(F)F)C(F)(F)F)N1CCC2(CCCN2Cc2cc3ccccc3s2)CC1. The molecule has 0 unspecified atom stereocenters. The molecule has 0 atom stereocenters. The van der Waals surface area contributed by atoms with Crippen molar-refractivity contribution >= 4 is 27.5 Å². The second-order valence-electron chi connectivity index (χ2n) is 8.33. The summed E-state index contributed by atoms with van der Waals surface area (Å²) in [7, 11) is 0. The number of alkyl halides is 6. The van der Waals surface area contributed by atoms with Crippen molar-refractivity contribution in [2.75, 3.05) is 19.6 Å². The molecule has 4 rings (SSSR count). The fourth-order valence-corrected chi connectivity index (χ4v) is 5.79. The lowest BCUT2D eigenvalue weighted by Crippen LogP contribution is -2.54. The number of rotatable bonds is 3. The molecule has 2 aromatic rings. The summed E-state index contributed by atoms with van der Waals surface area (Å²) in [6.07, 6.45) is -14.3. The molecule has 3 heterocycles. The quantitative estimate of drug-likeness (QED) is 0.508. The van der Waals surface area contributed by atoms with E-state index in [1.807, 2.05) is 18.2 Å². The second kappa shape index (κ2) is 8.40. The van der Waals surface area contributed by atoms with Crippen molar-refractivity contribution < 1.29 is 35.9 Å². The summed E-state index contributed by atoms with van der Waals surface area (Å²) in [4.78, 5) is 16.6. The Labute approximate surface area is 184 Å². The molecule has 1 aromatic carbocycles. The number of halogens is 6. The number of carbonyl (C=O) groups is 1. The Morgan fingerprint density at radius 1 is 1.03 bits per heavy atom. The standard InChI is InChI=1S/C21H22F6N2O2S/c22-20(23,24)17(21(25,26)27)31-18(30)28-10-7-19(8-11-28)6-3-9-29(19)13-15-12-14-4-1-2-5-16(14)32-15/h1-2,4-5,12,17H,3,6-11,13H2. The number of ether oxygens (including phenoxy) is 1. The van der Waals surface area contributed by atoms with Gasteiger partial charge in [0.15, 0.2) is 0 Å². The van der Waals surface area contributed by atoms with E-state index in [0.717, 1.165) is 30.8 Å². The molecule has 2 aliphatic heterocycles. The monoisotopic (exact) mass is 480 g/mol. The maximum atomic E-state index is 12.7. The van der Waals surface area contributed by atoms with Gasteiger partial charge in [-0.25, -0.2) is 4.79 Å². The van der Waals surface area contributed by atoms with E-state index in [2.05, 4.69) is 21.8 Å². The zero-order valence-electron chi connectivity index (χ0n) is 17.0. The van der Waals surface area contributed by atoms with Gasteiger partial charge in [0.05, 0.1) is 0 Å². The smallest absolute Gasteiger partial charge is 0.426 e. The van der Waals surface area contributed by atoms with Gasteiger partial charge in [-0.1, -0.05) is 18.2 Å². The Morgan fingerprint density at radius 2 is 1.69 bits per heavy atom. The van der Waals surface area contributed by atoms with Gasteiger partial charge in [0.25, 0.3) is 6.10 Å². The summed E-state index contributed by atoms with van der Waals surface area (Å²) in [5.74, 6) is 0. The third-order valence-corrected chi connectivity index (χ3v) is 7.43. The second-order valence-corrected chi connectivity index (χ2v) is 9.50. The van der Waals surface area contributed by atoms with Crippen LogP contribution in [0.25, 0.3) is 10.1 Å². The number of carbonyl (C=O) groups excluding carboxylic acids is 1. The van der Waals surface area contributed by atoms with Crippen molar-refractivity contribution in [3.8, 4) is 0 Å². The first-order valence-electron chi connectivity index (χ1n) is 10.3. The van der Waals surface area contributed by atoms with Gasteiger partial charge in [0, 0.05) is 34.8 Å². The van der Waals surface area contributed by atoms with Crippen molar-refractivity contribution in [3.63, 3.8) is 0 Å². The maximum Gasteiger partial charge on any atom is 0.434 e. The van der Waals surface area contributed by atoms with E-state index in [1.165, 1.54) is 15.0 Å². The lowest BCUT2D eigenvalue weighted by Gasteiger charge is -2.45. The molecule has 2 fully saturated rings. The van der Waals surface area contributed by atoms with Crippen molar-refractivity contribution in [3.05, 3.63) is 35.2 Å². The average Bonchev–Trinajstić information content (AvgIpc) is 3.29. The summed E-state index contributed by atoms with van der Waals surface area (Å²) in [6.45, 7) is 1.71. The number of nitrogens with zero attached hydrogens (tertiary/aromatic N) is 2. The molecule has 2 aliphatic rings. The minimum atomic E-state index is -5.71. The molecule has 1 aromatic heterocycles. The van der Waals surface area contributed by atoms with E-state index < -0.39 is 24.5 Å². The van der Waals surface area contributed by atoms with Gasteiger partial charge in [-0.2, -0.15) is 26.3 Å². The molecule has 0 aliphatic carbocycles. The fourth-order valence-electron chi connectivity index (χ4n) is 4.71. The Kier molecular flexibility index (Phi) is 6.08. The minimum absolute atomic E-state index is 0.0597. The summed E-state index contributed by atoms with van der Waals surface area (Å²) in [6, 6.07) is 10.2. The molecule has 176 valence electrons. The van der Waals surface area contributed by atoms with Crippen LogP contribution in [-0.2, 0) is 11.3 Å². The van der Waals surface area contributed by atoms with Gasteiger partial charge in [-0.05, 0) is 49.7 Å². The van der Waals surface area contributed by atoms with E-state index in [-0.39, 0.29) is 18.6 Å². The average molecular weight is 480 g/mol. The van der Waals surface area contributed by atoms with E-state index in [0.29, 0.717) is 12.8 Å². The molecule has 32 heavy (non-hydrogen) atoms. The summed E-state index contributed by atoms with van der Waals surface area (Å²) < 4.78 is 81.2. The van der Waals surface area contributed by atoms with Crippen LogP contribution in [0.4, 0.5) is 31.1 Å². The Bertz CT molecular complexity index is 918.